The summed E-state index contributed by atoms with van der Waals surface area (Å²) in [5.41, 5.74) is 1.33. The first kappa shape index (κ1) is 10.1. The SMILES string of the molecule is CC1OC1(c1ccccc1)C1C=CCCC1. The Morgan fingerprint density at radius 3 is 2.56 bits per heavy atom. The summed E-state index contributed by atoms with van der Waals surface area (Å²) in [6.45, 7) is 2.19. The second kappa shape index (κ2) is 3.74. The molecule has 1 nitrogen and oxygen atoms in total. The van der Waals surface area contributed by atoms with Crippen LogP contribution in [-0.2, 0) is 10.3 Å². The molecule has 0 spiro atoms. The lowest BCUT2D eigenvalue weighted by molar-refractivity contribution is 0.231. The number of benzene rings is 1. The summed E-state index contributed by atoms with van der Waals surface area (Å²) in [6, 6.07) is 10.7. The van der Waals surface area contributed by atoms with Crippen molar-refractivity contribution in [3.8, 4) is 0 Å². The first-order chi connectivity index (χ1) is 7.84. The second-order valence-corrected chi connectivity index (χ2v) is 4.88. The van der Waals surface area contributed by atoms with Gasteiger partial charge in [0.15, 0.2) is 0 Å². The summed E-state index contributed by atoms with van der Waals surface area (Å²) in [7, 11) is 0. The lowest BCUT2D eigenvalue weighted by Crippen LogP contribution is -2.24. The van der Waals surface area contributed by atoms with Crippen LogP contribution in [-0.4, -0.2) is 6.10 Å². The molecule has 1 fully saturated rings. The summed E-state index contributed by atoms with van der Waals surface area (Å²) in [5, 5.41) is 0. The van der Waals surface area contributed by atoms with E-state index < -0.39 is 0 Å². The molecule has 0 bridgehead atoms. The van der Waals surface area contributed by atoms with Crippen LogP contribution >= 0.6 is 0 Å². The Morgan fingerprint density at radius 2 is 2.00 bits per heavy atom. The van der Waals surface area contributed by atoms with Crippen molar-refractivity contribution in [1.82, 2.24) is 0 Å². The zero-order valence-corrected chi connectivity index (χ0v) is 9.73. The van der Waals surface area contributed by atoms with Gasteiger partial charge in [0.1, 0.15) is 5.60 Å². The van der Waals surface area contributed by atoms with Gasteiger partial charge in [-0.2, -0.15) is 0 Å². The summed E-state index contributed by atoms with van der Waals surface area (Å²) in [5.74, 6) is 0.568. The van der Waals surface area contributed by atoms with Gasteiger partial charge in [0.25, 0.3) is 0 Å². The quantitative estimate of drug-likeness (QED) is 0.540. The molecule has 0 N–H and O–H groups in total. The largest absolute Gasteiger partial charge is 0.361 e. The number of hydrogen-bond acceptors (Lipinski definition) is 1. The van der Waals surface area contributed by atoms with Gasteiger partial charge in [0.05, 0.1) is 6.10 Å². The van der Waals surface area contributed by atoms with Crippen LogP contribution in [0, 0.1) is 5.92 Å². The van der Waals surface area contributed by atoms with E-state index in [1.165, 1.54) is 24.8 Å². The van der Waals surface area contributed by atoms with Crippen molar-refractivity contribution in [2.75, 3.05) is 0 Å². The van der Waals surface area contributed by atoms with E-state index in [0.717, 1.165) is 0 Å². The van der Waals surface area contributed by atoms with Gasteiger partial charge < -0.3 is 4.74 Å². The molecule has 0 aromatic heterocycles. The Morgan fingerprint density at radius 1 is 1.25 bits per heavy atom. The van der Waals surface area contributed by atoms with E-state index in [2.05, 4.69) is 49.4 Å². The fraction of sp³-hybridized carbons (Fsp3) is 0.467. The van der Waals surface area contributed by atoms with Crippen LogP contribution in [0.25, 0.3) is 0 Å². The minimum atomic E-state index is -0.0157. The fourth-order valence-corrected chi connectivity index (χ4v) is 3.03. The molecule has 1 aliphatic carbocycles. The number of allylic oxidation sites excluding steroid dienone is 1. The smallest absolute Gasteiger partial charge is 0.126 e. The molecule has 1 heteroatoms. The maximum absolute atomic E-state index is 5.98. The van der Waals surface area contributed by atoms with E-state index in [1.54, 1.807) is 0 Å². The van der Waals surface area contributed by atoms with Crippen molar-refractivity contribution in [1.29, 1.82) is 0 Å². The van der Waals surface area contributed by atoms with Crippen molar-refractivity contribution in [2.24, 2.45) is 5.92 Å². The molecule has 1 aromatic carbocycles. The minimum Gasteiger partial charge on any atom is -0.361 e. The first-order valence-corrected chi connectivity index (χ1v) is 6.24. The molecule has 3 atom stereocenters. The predicted octanol–water partition coefficient (Wildman–Crippen LogP) is 3.66. The zero-order valence-electron chi connectivity index (χ0n) is 9.73. The number of rotatable bonds is 2. The highest BCUT2D eigenvalue weighted by molar-refractivity contribution is 5.32. The van der Waals surface area contributed by atoms with Gasteiger partial charge in [-0.25, -0.2) is 0 Å². The Kier molecular flexibility index (Phi) is 2.36. The Hall–Kier alpha value is -1.08. The highest BCUT2D eigenvalue weighted by Crippen LogP contribution is 2.54. The van der Waals surface area contributed by atoms with Crippen LogP contribution in [0.1, 0.15) is 31.7 Å². The third kappa shape index (κ3) is 1.42. The summed E-state index contributed by atoms with van der Waals surface area (Å²) < 4.78 is 5.98. The lowest BCUT2D eigenvalue weighted by atomic mass is 9.78. The molecule has 0 radical (unpaired) electrons. The van der Waals surface area contributed by atoms with Gasteiger partial charge in [-0.1, -0.05) is 42.5 Å². The molecular weight excluding hydrogens is 196 g/mol. The summed E-state index contributed by atoms with van der Waals surface area (Å²) >= 11 is 0. The normalized spacial score (nSPS) is 37.3. The monoisotopic (exact) mass is 214 g/mol. The molecule has 0 amide bonds. The standard InChI is InChI=1S/C15H18O/c1-12-15(16-12,13-8-4-2-5-9-13)14-10-6-3-7-11-14/h2,4-6,8-10,12,14H,3,7,11H2,1H3. The Bertz CT molecular complexity index is 395. The topological polar surface area (TPSA) is 12.5 Å². The highest BCUT2D eigenvalue weighted by Gasteiger charge is 2.58. The van der Waals surface area contributed by atoms with Gasteiger partial charge in [-0.15, -0.1) is 0 Å². The zero-order chi connectivity index (χ0) is 11.0. The van der Waals surface area contributed by atoms with Crippen LogP contribution in [0.3, 0.4) is 0 Å². The maximum Gasteiger partial charge on any atom is 0.126 e. The molecule has 1 saturated heterocycles. The molecule has 2 aliphatic rings. The molecule has 16 heavy (non-hydrogen) atoms. The molecule has 1 aliphatic heterocycles. The van der Waals surface area contributed by atoms with Crippen molar-refractivity contribution < 1.29 is 4.74 Å². The van der Waals surface area contributed by atoms with Gasteiger partial charge in [-0.05, 0) is 31.7 Å². The third-order valence-electron chi connectivity index (χ3n) is 3.95. The Balaban J connectivity index is 1.95. The molecule has 1 aromatic rings. The number of ether oxygens (including phenoxy) is 1. The van der Waals surface area contributed by atoms with E-state index in [4.69, 9.17) is 4.74 Å². The average molecular weight is 214 g/mol. The fourth-order valence-electron chi connectivity index (χ4n) is 3.03. The second-order valence-electron chi connectivity index (χ2n) is 4.88. The van der Waals surface area contributed by atoms with E-state index in [1.807, 2.05) is 0 Å². The number of hydrogen-bond donors (Lipinski definition) is 0. The minimum absolute atomic E-state index is 0.0157. The summed E-state index contributed by atoms with van der Waals surface area (Å²) in [4.78, 5) is 0. The molecule has 3 rings (SSSR count). The van der Waals surface area contributed by atoms with E-state index in [0.29, 0.717) is 12.0 Å². The average Bonchev–Trinajstić information content (AvgIpc) is 3.05. The Labute approximate surface area is 97.1 Å². The van der Waals surface area contributed by atoms with E-state index in [9.17, 15) is 0 Å². The van der Waals surface area contributed by atoms with Crippen LogP contribution < -0.4 is 0 Å². The lowest BCUT2D eigenvalue weighted by Gasteiger charge is -2.24. The van der Waals surface area contributed by atoms with Crippen LogP contribution in [0.15, 0.2) is 42.5 Å². The first-order valence-electron chi connectivity index (χ1n) is 6.24. The molecule has 3 unspecified atom stereocenters. The molecular formula is C15H18O. The van der Waals surface area contributed by atoms with Gasteiger partial charge in [0, 0.05) is 5.92 Å². The van der Waals surface area contributed by atoms with Crippen molar-refractivity contribution in [2.45, 2.75) is 37.9 Å². The van der Waals surface area contributed by atoms with Crippen molar-refractivity contribution in [3.05, 3.63) is 48.0 Å². The van der Waals surface area contributed by atoms with Crippen LogP contribution in [0.5, 0.6) is 0 Å². The molecule has 1 heterocycles. The predicted molar refractivity (Wildman–Crippen MR) is 65.1 cm³/mol. The van der Waals surface area contributed by atoms with Crippen molar-refractivity contribution >= 4 is 0 Å². The number of epoxide rings is 1. The highest BCUT2D eigenvalue weighted by atomic mass is 16.6. The van der Waals surface area contributed by atoms with Gasteiger partial charge in [-0.3, -0.25) is 0 Å². The van der Waals surface area contributed by atoms with Gasteiger partial charge >= 0.3 is 0 Å². The van der Waals surface area contributed by atoms with Gasteiger partial charge in [0.2, 0.25) is 0 Å². The van der Waals surface area contributed by atoms with E-state index in [-0.39, 0.29) is 5.60 Å². The van der Waals surface area contributed by atoms with Crippen LogP contribution in [0.4, 0.5) is 0 Å². The van der Waals surface area contributed by atoms with E-state index >= 15 is 0 Å². The summed E-state index contributed by atoms with van der Waals surface area (Å²) in [6.07, 6.45) is 8.83. The third-order valence-corrected chi connectivity index (χ3v) is 3.95. The van der Waals surface area contributed by atoms with Crippen molar-refractivity contribution in [3.63, 3.8) is 0 Å². The maximum atomic E-state index is 5.98. The molecule has 0 saturated carbocycles. The van der Waals surface area contributed by atoms with Crippen LogP contribution in [0.2, 0.25) is 0 Å². The molecule has 84 valence electrons.